The van der Waals surface area contributed by atoms with E-state index in [1.807, 2.05) is 11.6 Å². The highest BCUT2D eigenvalue weighted by molar-refractivity contribution is 7.07. The summed E-state index contributed by atoms with van der Waals surface area (Å²) < 4.78 is 2.00. The zero-order valence-corrected chi connectivity index (χ0v) is 14.0. The van der Waals surface area contributed by atoms with E-state index in [0.29, 0.717) is 5.92 Å². The molecular weight excluding hydrogens is 296 g/mol. The van der Waals surface area contributed by atoms with Crippen LogP contribution in [-0.2, 0) is 6.54 Å². The van der Waals surface area contributed by atoms with Crippen LogP contribution in [0.15, 0.2) is 34.5 Å². The SMILES string of the molecule is CN=C(NCCCCn1cnnc1)NCC(C)c1ccsc1. The minimum absolute atomic E-state index is 0.485. The summed E-state index contributed by atoms with van der Waals surface area (Å²) >= 11 is 1.74. The van der Waals surface area contributed by atoms with Gasteiger partial charge in [-0.3, -0.25) is 4.99 Å². The third kappa shape index (κ3) is 5.48. The maximum absolute atomic E-state index is 4.26. The van der Waals surface area contributed by atoms with Crippen molar-refractivity contribution in [3.63, 3.8) is 0 Å². The number of rotatable bonds is 8. The molecule has 0 aliphatic heterocycles. The van der Waals surface area contributed by atoms with Crippen LogP contribution in [0.25, 0.3) is 0 Å². The van der Waals surface area contributed by atoms with E-state index in [1.165, 1.54) is 5.56 Å². The van der Waals surface area contributed by atoms with Gasteiger partial charge < -0.3 is 15.2 Å². The van der Waals surface area contributed by atoms with Crippen molar-refractivity contribution < 1.29 is 0 Å². The van der Waals surface area contributed by atoms with Crippen LogP contribution in [-0.4, -0.2) is 40.9 Å². The van der Waals surface area contributed by atoms with Crippen LogP contribution in [0.2, 0.25) is 0 Å². The lowest BCUT2D eigenvalue weighted by Gasteiger charge is -2.15. The van der Waals surface area contributed by atoms with Crippen molar-refractivity contribution >= 4 is 17.3 Å². The largest absolute Gasteiger partial charge is 0.356 e. The van der Waals surface area contributed by atoms with Gasteiger partial charge in [-0.2, -0.15) is 11.3 Å². The molecule has 0 aliphatic carbocycles. The van der Waals surface area contributed by atoms with E-state index in [1.54, 1.807) is 24.0 Å². The number of hydrogen-bond donors (Lipinski definition) is 2. The molecule has 7 heteroatoms. The van der Waals surface area contributed by atoms with Gasteiger partial charge >= 0.3 is 0 Å². The second-order valence-corrected chi connectivity index (χ2v) is 6.02. The van der Waals surface area contributed by atoms with Gasteiger partial charge in [0, 0.05) is 26.7 Å². The standard InChI is InChI=1S/C15H24N6S/c1-13(14-5-8-22-10-14)9-18-15(16-2)17-6-3-4-7-21-11-19-20-12-21/h5,8,10-13H,3-4,6-7,9H2,1-2H3,(H2,16,17,18). The van der Waals surface area contributed by atoms with Crippen LogP contribution in [0, 0.1) is 0 Å². The Morgan fingerprint density at radius 3 is 2.82 bits per heavy atom. The van der Waals surface area contributed by atoms with Crippen LogP contribution < -0.4 is 10.6 Å². The molecule has 1 atom stereocenters. The molecule has 0 bridgehead atoms. The van der Waals surface area contributed by atoms with Crippen LogP contribution in [0.1, 0.15) is 31.2 Å². The second kappa shape index (κ2) is 9.19. The van der Waals surface area contributed by atoms with Gasteiger partial charge in [-0.15, -0.1) is 10.2 Å². The first-order valence-electron chi connectivity index (χ1n) is 7.58. The fourth-order valence-electron chi connectivity index (χ4n) is 2.11. The first-order valence-corrected chi connectivity index (χ1v) is 8.53. The number of thiophene rings is 1. The molecule has 0 saturated carbocycles. The number of aryl methyl sites for hydroxylation is 1. The monoisotopic (exact) mass is 320 g/mol. The van der Waals surface area contributed by atoms with Crippen LogP contribution >= 0.6 is 11.3 Å². The fourth-order valence-corrected chi connectivity index (χ4v) is 2.89. The summed E-state index contributed by atoms with van der Waals surface area (Å²) in [5, 5.41) is 18.6. The zero-order valence-electron chi connectivity index (χ0n) is 13.2. The smallest absolute Gasteiger partial charge is 0.190 e. The van der Waals surface area contributed by atoms with Crippen molar-refractivity contribution in [3.05, 3.63) is 35.0 Å². The molecule has 2 heterocycles. The quantitative estimate of drug-likeness (QED) is 0.444. The van der Waals surface area contributed by atoms with Gasteiger partial charge in [0.25, 0.3) is 0 Å². The molecule has 0 aromatic carbocycles. The molecule has 2 N–H and O–H groups in total. The first-order chi connectivity index (χ1) is 10.8. The van der Waals surface area contributed by atoms with Crippen LogP contribution in [0.5, 0.6) is 0 Å². The maximum Gasteiger partial charge on any atom is 0.190 e. The van der Waals surface area contributed by atoms with E-state index < -0.39 is 0 Å². The lowest BCUT2D eigenvalue weighted by Crippen LogP contribution is -2.39. The third-order valence-electron chi connectivity index (χ3n) is 3.51. The number of nitrogens with one attached hydrogen (secondary N) is 2. The molecule has 0 aliphatic rings. The molecule has 120 valence electrons. The Hall–Kier alpha value is -1.89. The molecule has 1 unspecified atom stereocenters. The Kier molecular flexibility index (Phi) is 6.89. The Morgan fingerprint density at radius 2 is 2.14 bits per heavy atom. The lowest BCUT2D eigenvalue weighted by atomic mass is 10.1. The Morgan fingerprint density at radius 1 is 1.32 bits per heavy atom. The van der Waals surface area contributed by atoms with Gasteiger partial charge in [-0.05, 0) is 41.1 Å². The topological polar surface area (TPSA) is 67.1 Å². The Labute approximate surface area is 135 Å². The van der Waals surface area contributed by atoms with E-state index in [-0.39, 0.29) is 0 Å². The molecule has 0 saturated heterocycles. The molecule has 0 fully saturated rings. The summed E-state index contributed by atoms with van der Waals surface area (Å²) in [6.45, 7) is 4.98. The number of aliphatic imine (C=N–C) groups is 1. The van der Waals surface area contributed by atoms with Crippen molar-refractivity contribution in [1.82, 2.24) is 25.4 Å². The number of guanidine groups is 1. The predicted octanol–water partition coefficient (Wildman–Crippen LogP) is 2.09. The van der Waals surface area contributed by atoms with E-state index in [4.69, 9.17) is 0 Å². The van der Waals surface area contributed by atoms with Crippen LogP contribution in [0.3, 0.4) is 0 Å². The highest BCUT2D eigenvalue weighted by Crippen LogP contribution is 2.16. The average Bonchev–Trinajstić information content (AvgIpc) is 3.22. The molecule has 0 spiro atoms. The second-order valence-electron chi connectivity index (χ2n) is 5.24. The molecule has 0 amide bonds. The lowest BCUT2D eigenvalue weighted by molar-refractivity contribution is 0.596. The van der Waals surface area contributed by atoms with Gasteiger partial charge in [0.1, 0.15) is 12.7 Å². The van der Waals surface area contributed by atoms with Crippen molar-refractivity contribution in [1.29, 1.82) is 0 Å². The van der Waals surface area contributed by atoms with E-state index >= 15 is 0 Å². The van der Waals surface area contributed by atoms with E-state index in [0.717, 1.165) is 38.4 Å². The average molecular weight is 320 g/mol. The van der Waals surface area contributed by atoms with Gasteiger partial charge in [0.2, 0.25) is 0 Å². The van der Waals surface area contributed by atoms with Gasteiger partial charge in [-0.25, -0.2) is 0 Å². The van der Waals surface area contributed by atoms with E-state index in [9.17, 15) is 0 Å². The Balaban J connectivity index is 1.59. The molecule has 2 aromatic heterocycles. The molecular formula is C15H24N6S. The van der Waals surface area contributed by atoms with Gasteiger partial charge in [0.15, 0.2) is 5.96 Å². The normalized spacial score (nSPS) is 13.1. The fraction of sp³-hybridized carbons (Fsp3) is 0.533. The molecule has 2 rings (SSSR count). The van der Waals surface area contributed by atoms with Crippen molar-refractivity contribution in [3.8, 4) is 0 Å². The number of unbranched alkanes of at least 4 members (excludes halogenated alkanes) is 1. The first kappa shape index (κ1) is 16.5. The van der Waals surface area contributed by atoms with Gasteiger partial charge in [-0.1, -0.05) is 6.92 Å². The molecule has 6 nitrogen and oxygen atoms in total. The molecule has 22 heavy (non-hydrogen) atoms. The predicted molar refractivity (Wildman–Crippen MR) is 91.4 cm³/mol. The van der Waals surface area contributed by atoms with Gasteiger partial charge in [0.05, 0.1) is 0 Å². The molecule has 2 aromatic rings. The summed E-state index contributed by atoms with van der Waals surface area (Å²) in [5.74, 6) is 1.35. The minimum atomic E-state index is 0.485. The minimum Gasteiger partial charge on any atom is -0.356 e. The highest BCUT2D eigenvalue weighted by Gasteiger charge is 2.06. The summed E-state index contributed by atoms with van der Waals surface area (Å²) in [6.07, 6.45) is 5.67. The number of nitrogens with zero attached hydrogens (tertiary/aromatic N) is 4. The van der Waals surface area contributed by atoms with E-state index in [2.05, 4.69) is 49.6 Å². The van der Waals surface area contributed by atoms with Crippen molar-refractivity contribution in [2.24, 2.45) is 4.99 Å². The molecule has 0 radical (unpaired) electrons. The highest BCUT2D eigenvalue weighted by atomic mass is 32.1. The van der Waals surface area contributed by atoms with Crippen molar-refractivity contribution in [2.45, 2.75) is 32.2 Å². The van der Waals surface area contributed by atoms with Crippen molar-refractivity contribution in [2.75, 3.05) is 20.1 Å². The Bertz CT molecular complexity index is 534. The number of hydrogen-bond acceptors (Lipinski definition) is 4. The summed E-state index contributed by atoms with van der Waals surface area (Å²) in [6, 6.07) is 2.18. The number of aromatic nitrogens is 3. The zero-order chi connectivity index (χ0) is 15.6. The maximum atomic E-state index is 4.26. The van der Waals surface area contributed by atoms with Crippen LogP contribution in [0.4, 0.5) is 0 Å². The summed E-state index contributed by atoms with van der Waals surface area (Å²) in [5.41, 5.74) is 1.38. The summed E-state index contributed by atoms with van der Waals surface area (Å²) in [4.78, 5) is 4.26. The summed E-state index contributed by atoms with van der Waals surface area (Å²) in [7, 11) is 1.81. The third-order valence-corrected chi connectivity index (χ3v) is 4.22.